The summed E-state index contributed by atoms with van der Waals surface area (Å²) in [4.78, 5) is 11.8. The highest BCUT2D eigenvalue weighted by molar-refractivity contribution is 5.73. The van der Waals surface area contributed by atoms with Gasteiger partial charge in [-0.1, -0.05) is 54.4 Å². The summed E-state index contributed by atoms with van der Waals surface area (Å²) in [5.41, 5.74) is 0. The summed E-state index contributed by atoms with van der Waals surface area (Å²) >= 11 is 0. The third-order valence-electron chi connectivity index (χ3n) is 3.61. The van der Waals surface area contributed by atoms with Gasteiger partial charge in [0.25, 0.3) is 0 Å². The number of carbonyl (C=O) groups excluding carboxylic acids is 1. The van der Waals surface area contributed by atoms with Crippen LogP contribution in [0.5, 0.6) is 0 Å². The van der Waals surface area contributed by atoms with Crippen LogP contribution >= 0.6 is 0 Å². The van der Waals surface area contributed by atoms with E-state index in [2.05, 4.69) is 33.8 Å². The Bertz CT molecular complexity index is 262. The van der Waals surface area contributed by atoms with Gasteiger partial charge in [0.05, 0.1) is 5.92 Å². The van der Waals surface area contributed by atoms with Crippen LogP contribution in [-0.4, -0.2) is 5.97 Å². The zero-order chi connectivity index (χ0) is 14.1. The molecular weight excluding hydrogens is 224 g/mol. The van der Waals surface area contributed by atoms with Crippen molar-refractivity contribution in [1.82, 2.24) is 0 Å². The summed E-state index contributed by atoms with van der Waals surface area (Å²) in [7, 11) is 0. The van der Waals surface area contributed by atoms with Crippen LogP contribution in [0.2, 0.25) is 0 Å². The lowest BCUT2D eigenvalue weighted by molar-refractivity contribution is -0.144. The summed E-state index contributed by atoms with van der Waals surface area (Å²) in [5, 5.41) is 0. The summed E-state index contributed by atoms with van der Waals surface area (Å²) < 4.78 is 5.53. The maximum Gasteiger partial charge on any atom is 0.313 e. The Balaban J connectivity index is 4.56. The van der Waals surface area contributed by atoms with E-state index >= 15 is 0 Å². The number of esters is 1. The van der Waals surface area contributed by atoms with Gasteiger partial charge < -0.3 is 4.74 Å². The topological polar surface area (TPSA) is 26.3 Å². The van der Waals surface area contributed by atoms with E-state index < -0.39 is 0 Å². The van der Waals surface area contributed by atoms with E-state index in [0.717, 1.165) is 18.6 Å². The second kappa shape index (κ2) is 9.18. The summed E-state index contributed by atoms with van der Waals surface area (Å²) in [6.07, 6.45) is 6.31. The van der Waals surface area contributed by atoms with Gasteiger partial charge in [0.1, 0.15) is 5.76 Å². The molecule has 106 valence electrons. The summed E-state index contributed by atoms with van der Waals surface area (Å²) in [6.45, 7) is 12.5. The molecule has 0 saturated carbocycles. The molecule has 1 atom stereocenters. The normalized spacial score (nSPS) is 14.1. The van der Waals surface area contributed by atoms with Gasteiger partial charge in [-0.2, -0.15) is 0 Å². The van der Waals surface area contributed by atoms with Gasteiger partial charge in [-0.05, 0) is 24.8 Å². The molecule has 0 N–H and O–H groups in total. The highest BCUT2D eigenvalue weighted by atomic mass is 16.5. The van der Waals surface area contributed by atoms with Gasteiger partial charge in [0.2, 0.25) is 0 Å². The monoisotopic (exact) mass is 254 g/mol. The van der Waals surface area contributed by atoms with Crippen LogP contribution in [0.25, 0.3) is 0 Å². The van der Waals surface area contributed by atoms with Crippen LogP contribution in [0.3, 0.4) is 0 Å². The Kier molecular flexibility index (Phi) is 8.78. The Morgan fingerprint density at radius 1 is 1.06 bits per heavy atom. The van der Waals surface area contributed by atoms with Crippen molar-refractivity contribution in [3.8, 4) is 0 Å². The van der Waals surface area contributed by atoms with Crippen molar-refractivity contribution in [2.45, 2.75) is 67.2 Å². The van der Waals surface area contributed by atoms with Gasteiger partial charge in [0, 0.05) is 5.92 Å². The maximum atomic E-state index is 11.8. The van der Waals surface area contributed by atoms with Crippen molar-refractivity contribution in [3.05, 3.63) is 11.8 Å². The molecule has 0 aromatic heterocycles. The molecule has 18 heavy (non-hydrogen) atoms. The molecule has 0 aliphatic rings. The molecule has 0 amide bonds. The second-order valence-electron chi connectivity index (χ2n) is 5.41. The molecule has 0 saturated heterocycles. The first-order valence-electron chi connectivity index (χ1n) is 7.37. The van der Waals surface area contributed by atoms with Crippen LogP contribution in [0.4, 0.5) is 0 Å². The molecule has 0 aliphatic carbocycles. The van der Waals surface area contributed by atoms with Crippen molar-refractivity contribution in [3.63, 3.8) is 0 Å². The standard InChI is InChI=1S/C16H30O2/c1-7-13(6)16(17)18-15(12(4)5)11-10-14(8-2)9-3/h11-14H,7-10H2,1-6H3/b15-11-. The summed E-state index contributed by atoms with van der Waals surface area (Å²) in [5.74, 6) is 1.70. The van der Waals surface area contributed by atoms with Crippen molar-refractivity contribution in [1.29, 1.82) is 0 Å². The van der Waals surface area contributed by atoms with E-state index in [4.69, 9.17) is 4.74 Å². The molecule has 0 radical (unpaired) electrons. The van der Waals surface area contributed by atoms with Gasteiger partial charge >= 0.3 is 5.97 Å². The first kappa shape index (κ1) is 17.2. The van der Waals surface area contributed by atoms with E-state index in [-0.39, 0.29) is 17.8 Å². The average Bonchev–Trinajstić information content (AvgIpc) is 2.36. The van der Waals surface area contributed by atoms with E-state index in [1.807, 2.05) is 13.8 Å². The fourth-order valence-corrected chi connectivity index (χ4v) is 1.68. The SMILES string of the molecule is CCC(CC)C/C=C(\OC(=O)C(C)CC)C(C)C. The molecule has 0 rings (SSSR count). The van der Waals surface area contributed by atoms with E-state index in [0.29, 0.717) is 5.92 Å². The molecule has 0 spiro atoms. The molecule has 0 aromatic rings. The fourth-order valence-electron chi connectivity index (χ4n) is 1.68. The first-order chi connectivity index (χ1) is 8.46. The number of carbonyl (C=O) groups is 1. The number of hydrogen-bond donors (Lipinski definition) is 0. The Morgan fingerprint density at radius 3 is 2.00 bits per heavy atom. The number of allylic oxidation sites excluding steroid dienone is 2. The van der Waals surface area contributed by atoms with Crippen molar-refractivity contribution in [2.75, 3.05) is 0 Å². The molecular formula is C16H30O2. The quantitative estimate of drug-likeness (QED) is 0.453. The van der Waals surface area contributed by atoms with Crippen LogP contribution < -0.4 is 0 Å². The van der Waals surface area contributed by atoms with Crippen molar-refractivity contribution < 1.29 is 9.53 Å². The van der Waals surface area contributed by atoms with Crippen LogP contribution in [0, 0.1) is 17.8 Å². The molecule has 0 fully saturated rings. The Hall–Kier alpha value is -0.790. The molecule has 2 heteroatoms. The minimum Gasteiger partial charge on any atom is -0.431 e. The molecule has 2 nitrogen and oxygen atoms in total. The average molecular weight is 254 g/mol. The van der Waals surface area contributed by atoms with Gasteiger partial charge in [-0.3, -0.25) is 4.79 Å². The number of rotatable bonds is 8. The molecule has 0 aliphatic heterocycles. The maximum absolute atomic E-state index is 11.8. The highest BCUT2D eigenvalue weighted by Gasteiger charge is 2.16. The van der Waals surface area contributed by atoms with Crippen molar-refractivity contribution in [2.24, 2.45) is 17.8 Å². The molecule has 1 unspecified atom stereocenters. The third-order valence-corrected chi connectivity index (χ3v) is 3.61. The molecule has 0 bridgehead atoms. The lowest BCUT2D eigenvalue weighted by Crippen LogP contribution is -2.16. The first-order valence-corrected chi connectivity index (χ1v) is 7.37. The van der Waals surface area contributed by atoms with Gasteiger partial charge in [0.15, 0.2) is 0 Å². The second-order valence-corrected chi connectivity index (χ2v) is 5.41. The van der Waals surface area contributed by atoms with E-state index in [1.54, 1.807) is 0 Å². The van der Waals surface area contributed by atoms with Crippen LogP contribution in [0.15, 0.2) is 11.8 Å². The predicted molar refractivity (Wildman–Crippen MR) is 77.2 cm³/mol. The smallest absolute Gasteiger partial charge is 0.313 e. The van der Waals surface area contributed by atoms with Gasteiger partial charge in [-0.15, -0.1) is 0 Å². The minimum atomic E-state index is -0.0954. The van der Waals surface area contributed by atoms with Crippen molar-refractivity contribution >= 4 is 5.97 Å². The number of hydrogen-bond acceptors (Lipinski definition) is 2. The lowest BCUT2D eigenvalue weighted by atomic mass is 9.98. The van der Waals surface area contributed by atoms with Crippen LogP contribution in [-0.2, 0) is 9.53 Å². The highest BCUT2D eigenvalue weighted by Crippen LogP contribution is 2.20. The Morgan fingerprint density at radius 2 is 1.61 bits per heavy atom. The van der Waals surface area contributed by atoms with E-state index in [9.17, 15) is 4.79 Å². The zero-order valence-corrected chi connectivity index (χ0v) is 13.0. The van der Waals surface area contributed by atoms with E-state index in [1.165, 1.54) is 12.8 Å². The third kappa shape index (κ3) is 6.23. The summed E-state index contributed by atoms with van der Waals surface area (Å²) in [6, 6.07) is 0. The molecule has 0 aromatic carbocycles. The molecule has 0 heterocycles. The zero-order valence-electron chi connectivity index (χ0n) is 13.0. The van der Waals surface area contributed by atoms with Crippen LogP contribution in [0.1, 0.15) is 67.2 Å². The van der Waals surface area contributed by atoms with Gasteiger partial charge in [-0.25, -0.2) is 0 Å². The largest absolute Gasteiger partial charge is 0.431 e. The fraction of sp³-hybridized carbons (Fsp3) is 0.812. The number of ether oxygens (including phenoxy) is 1. The lowest BCUT2D eigenvalue weighted by Gasteiger charge is -2.16. The minimum absolute atomic E-state index is 0.0136. The predicted octanol–water partition coefficient (Wildman–Crippen LogP) is 4.94. The Labute approximate surface area is 113 Å².